The molecule has 2 unspecified atom stereocenters. The number of benzene rings is 1. The Hall–Kier alpha value is -0.580. The van der Waals surface area contributed by atoms with Crippen LogP contribution in [0.15, 0.2) is 22.7 Å². The SMILES string of the molecule is CC1CN(c2ccc(CN)cc2Br)CC(C)N1C. The molecule has 2 N–H and O–H groups in total. The Morgan fingerprint density at radius 3 is 2.39 bits per heavy atom. The topological polar surface area (TPSA) is 32.5 Å². The van der Waals surface area contributed by atoms with Crippen molar-refractivity contribution in [1.82, 2.24) is 4.90 Å². The Bertz CT molecular complexity index is 410. The van der Waals surface area contributed by atoms with E-state index in [4.69, 9.17) is 5.73 Å². The first-order chi connectivity index (χ1) is 8.52. The molecule has 1 aromatic carbocycles. The van der Waals surface area contributed by atoms with Crippen LogP contribution in [-0.2, 0) is 6.54 Å². The Morgan fingerprint density at radius 2 is 1.89 bits per heavy atom. The average Bonchev–Trinajstić information content (AvgIpc) is 2.35. The smallest absolute Gasteiger partial charge is 0.0511 e. The lowest BCUT2D eigenvalue weighted by Gasteiger charge is -2.43. The van der Waals surface area contributed by atoms with Gasteiger partial charge in [-0.2, -0.15) is 0 Å². The van der Waals surface area contributed by atoms with E-state index < -0.39 is 0 Å². The van der Waals surface area contributed by atoms with Gasteiger partial charge in [-0.15, -0.1) is 0 Å². The fourth-order valence-electron chi connectivity index (χ4n) is 2.53. The van der Waals surface area contributed by atoms with E-state index in [1.165, 1.54) is 11.3 Å². The quantitative estimate of drug-likeness (QED) is 0.910. The third kappa shape index (κ3) is 2.71. The fraction of sp³-hybridized carbons (Fsp3) is 0.571. The predicted molar refractivity (Wildman–Crippen MR) is 80.9 cm³/mol. The van der Waals surface area contributed by atoms with Gasteiger partial charge in [-0.25, -0.2) is 0 Å². The molecule has 18 heavy (non-hydrogen) atoms. The first-order valence-corrected chi connectivity index (χ1v) is 7.27. The van der Waals surface area contributed by atoms with Gasteiger partial charge < -0.3 is 10.6 Å². The van der Waals surface area contributed by atoms with Crippen LogP contribution in [-0.4, -0.2) is 37.1 Å². The third-order valence-corrected chi connectivity index (χ3v) is 4.58. The van der Waals surface area contributed by atoms with E-state index in [2.05, 4.69) is 64.8 Å². The zero-order chi connectivity index (χ0) is 13.3. The standard InChI is InChI=1S/C14H22BrN3/c1-10-8-18(9-11(2)17(10)3)14-5-4-12(7-16)6-13(14)15/h4-6,10-11H,7-9,16H2,1-3H3. The predicted octanol–water partition coefficient (Wildman–Crippen LogP) is 2.44. The van der Waals surface area contributed by atoms with Crippen LogP contribution in [0, 0.1) is 0 Å². The van der Waals surface area contributed by atoms with Gasteiger partial charge in [0.2, 0.25) is 0 Å². The van der Waals surface area contributed by atoms with Gasteiger partial charge >= 0.3 is 0 Å². The van der Waals surface area contributed by atoms with Gasteiger partial charge in [0.25, 0.3) is 0 Å². The first kappa shape index (κ1) is 13.8. The van der Waals surface area contributed by atoms with Crippen LogP contribution in [0.4, 0.5) is 5.69 Å². The number of anilines is 1. The van der Waals surface area contributed by atoms with Crippen LogP contribution in [0.5, 0.6) is 0 Å². The summed E-state index contributed by atoms with van der Waals surface area (Å²) in [5.41, 5.74) is 8.11. The molecular weight excluding hydrogens is 290 g/mol. The van der Waals surface area contributed by atoms with Crippen molar-refractivity contribution in [3.05, 3.63) is 28.2 Å². The highest BCUT2D eigenvalue weighted by Gasteiger charge is 2.27. The normalized spacial score (nSPS) is 25.5. The molecule has 0 aromatic heterocycles. The fourth-order valence-corrected chi connectivity index (χ4v) is 3.21. The van der Waals surface area contributed by atoms with Gasteiger partial charge in [0.1, 0.15) is 0 Å². The first-order valence-electron chi connectivity index (χ1n) is 6.48. The minimum atomic E-state index is 0.579. The maximum absolute atomic E-state index is 5.67. The number of piperazine rings is 1. The molecule has 0 saturated carbocycles. The molecule has 4 heteroatoms. The monoisotopic (exact) mass is 311 g/mol. The lowest BCUT2D eigenvalue weighted by Crippen LogP contribution is -2.55. The van der Waals surface area contributed by atoms with Gasteiger partial charge in [-0.1, -0.05) is 6.07 Å². The van der Waals surface area contributed by atoms with Gasteiger partial charge in [-0.05, 0) is 54.5 Å². The summed E-state index contributed by atoms with van der Waals surface area (Å²) in [5.74, 6) is 0. The summed E-state index contributed by atoms with van der Waals surface area (Å²) >= 11 is 3.67. The molecular formula is C14H22BrN3. The molecule has 1 heterocycles. The molecule has 100 valence electrons. The van der Waals surface area contributed by atoms with E-state index in [-0.39, 0.29) is 0 Å². The summed E-state index contributed by atoms with van der Waals surface area (Å²) < 4.78 is 1.15. The molecule has 2 atom stereocenters. The lowest BCUT2D eigenvalue weighted by atomic mass is 10.1. The van der Waals surface area contributed by atoms with Crippen molar-refractivity contribution in [2.24, 2.45) is 5.73 Å². The van der Waals surface area contributed by atoms with E-state index in [1.807, 2.05) is 0 Å². The molecule has 0 spiro atoms. The van der Waals surface area contributed by atoms with E-state index in [1.54, 1.807) is 0 Å². The van der Waals surface area contributed by atoms with Gasteiger partial charge in [0, 0.05) is 36.2 Å². The summed E-state index contributed by atoms with van der Waals surface area (Å²) in [6, 6.07) is 7.58. The van der Waals surface area contributed by atoms with Crippen LogP contribution >= 0.6 is 15.9 Å². The highest BCUT2D eigenvalue weighted by Crippen LogP contribution is 2.30. The Balaban J connectivity index is 2.21. The Kier molecular flexibility index (Phi) is 4.30. The minimum Gasteiger partial charge on any atom is -0.368 e. The average molecular weight is 312 g/mol. The molecule has 1 aliphatic heterocycles. The number of nitrogens with two attached hydrogens (primary N) is 1. The lowest BCUT2D eigenvalue weighted by molar-refractivity contribution is 0.170. The van der Waals surface area contributed by atoms with Crippen molar-refractivity contribution in [1.29, 1.82) is 0 Å². The highest BCUT2D eigenvalue weighted by molar-refractivity contribution is 9.10. The molecule has 1 saturated heterocycles. The maximum Gasteiger partial charge on any atom is 0.0511 e. The Labute approximate surface area is 118 Å². The van der Waals surface area contributed by atoms with Crippen LogP contribution in [0.1, 0.15) is 19.4 Å². The van der Waals surface area contributed by atoms with E-state index in [0.717, 1.165) is 17.6 Å². The number of likely N-dealkylation sites (N-methyl/N-ethyl adjacent to an activating group) is 1. The van der Waals surface area contributed by atoms with Crippen LogP contribution in [0.3, 0.4) is 0 Å². The molecule has 0 aliphatic carbocycles. The van der Waals surface area contributed by atoms with Crippen LogP contribution < -0.4 is 10.6 Å². The van der Waals surface area contributed by atoms with Crippen molar-refractivity contribution in [3.8, 4) is 0 Å². The second-order valence-electron chi connectivity index (χ2n) is 5.26. The molecule has 1 aliphatic rings. The number of hydrogen-bond acceptors (Lipinski definition) is 3. The molecule has 0 radical (unpaired) electrons. The van der Waals surface area contributed by atoms with E-state index >= 15 is 0 Å². The zero-order valence-corrected chi connectivity index (χ0v) is 12.9. The molecule has 1 fully saturated rings. The number of hydrogen-bond donors (Lipinski definition) is 1. The van der Waals surface area contributed by atoms with Crippen molar-refractivity contribution in [2.45, 2.75) is 32.5 Å². The zero-order valence-electron chi connectivity index (χ0n) is 11.4. The number of rotatable bonds is 2. The van der Waals surface area contributed by atoms with Crippen LogP contribution in [0.2, 0.25) is 0 Å². The third-order valence-electron chi connectivity index (χ3n) is 3.95. The summed E-state index contributed by atoms with van der Waals surface area (Å²) in [4.78, 5) is 4.90. The van der Waals surface area contributed by atoms with Gasteiger partial charge in [0.15, 0.2) is 0 Å². The summed E-state index contributed by atoms with van der Waals surface area (Å²) in [5, 5.41) is 0. The summed E-state index contributed by atoms with van der Waals surface area (Å²) in [6.07, 6.45) is 0. The van der Waals surface area contributed by atoms with Crippen molar-refractivity contribution in [3.63, 3.8) is 0 Å². The maximum atomic E-state index is 5.67. The number of nitrogens with zero attached hydrogens (tertiary/aromatic N) is 2. The van der Waals surface area contributed by atoms with Crippen molar-refractivity contribution in [2.75, 3.05) is 25.0 Å². The number of halogens is 1. The van der Waals surface area contributed by atoms with Gasteiger partial charge in [-0.3, -0.25) is 4.90 Å². The van der Waals surface area contributed by atoms with Crippen molar-refractivity contribution < 1.29 is 0 Å². The summed E-state index contributed by atoms with van der Waals surface area (Å²) in [7, 11) is 2.21. The second-order valence-corrected chi connectivity index (χ2v) is 6.11. The molecule has 3 nitrogen and oxygen atoms in total. The van der Waals surface area contributed by atoms with Crippen LogP contribution in [0.25, 0.3) is 0 Å². The summed E-state index contributed by atoms with van der Waals surface area (Å²) in [6.45, 7) is 7.30. The molecule has 0 amide bonds. The van der Waals surface area contributed by atoms with E-state index in [0.29, 0.717) is 18.6 Å². The van der Waals surface area contributed by atoms with Crippen molar-refractivity contribution >= 4 is 21.6 Å². The molecule has 2 rings (SSSR count). The minimum absolute atomic E-state index is 0.579. The highest BCUT2D eigenvalue weighted by atomic mass is 79.9. The molecule has 1 aromatic rings. The van der Waals surface area contributed by atoms with E-state index in [9.17, 15) is 0 Å². The van der Waals surface area contributed by atoms with Gasteiger partial charge in [0.05, 0.1) is 5.69 Å². The molecule has 0 bridgehead atoms. The second kappa shape index (κ2) is 5.59. The Morgan fingerprint density at radius 1 is 1.28 bits per heavy atom. The largest absolute Gasteiger partial charge is 0.368 e.